The van der Waals surface area contributed by atoms with Gasteiger partial charge in [-0.05, 0) is 35.4 Å². The molecule has 0 radical (unpaired) electrons. The van der Waals surface area contributed by atoms with Gasteiger partial charge in [-0.3, -0.25) is 9.52 Å². The summed E-state index contributed by atoms with van der Waals surface area (Å²) >= 11 is 12.1. The molecule has 0 spiro atoms. The molecule has 0 atom stereocenters. The Kier molecular flexibility index (Phi) is 6.10. The van der Waals surface area contributed by atoms with E-state index in [1.165, 1.54) is 0 Å². The van der Waals surface area contributed by atoms with Crippen molar-refractivity contribution in [2.24, 2.45) is 0 Å². The highest BCUT2D eigenvalue weighted by Gasteiger charge is 2.11. The van der Waals surface area contributed by atoms with Gasteiger partial charge in [0, 0.05) is 22.3 Å². The van der Waals surface area contributed by atoms with Crippen molar-refractivity contribution in [2.45, 2.75) is 13.0 Å². The van der Waals surface area contributed by atoms with Gasteiger partial charge in [0.25, 0.3) is 0 Å². The first kappa shape index (κ1) is 18.6. The molecule has 0 aromatic heterocycles. The van der Waals surface area contributed by atoms with Crippen LogP contribution in [0, 0.1) is 0 Å². The number of carbonyl (C=O) groups is 1. The minimum absolute atomic E-state index is 0.0692. The Morgan fingerprint density at radius 3 is 2.33 bits per heavy atom. The fourth-order valence-corrected chi connectivity index (χ4v) is 3.17. The molecular formula is C16H16Cl2N2O3S. The lowest BCUT2D eigenvalue weighted by molar-refractivity contribution is -0.120. The van der Waals surface area contributed by atoms with E-state index in [-0.39, 0.29) is 18.9 Å². The fraction of sp³-hybridized carbons (Fsp3) is 0.188. The lowest BCUT2D eigenvalue weighted by Crippen LogP contribution is -2.24. The predicted molar refractivity (Wildman–Crippen MR) is 96.9 cm³/mol. The molecule has 5 nitrogen and oxygen atoms in total. The van der Waals surface area contributed by atoms with Gasteiger partial charge in [-0.2, -0.15) is 0 Å². The first-order chi connectivity index (χ1) is 11.2. The van der Waals surface area contributed by atoms with Crippen LogP contribution >= 0.6 is 23.2 Å². The molecule has 0 aliphatic rings. The number of halogens is 2. The average molecular weight is 387 g/mol. The number of rotatable bonds is 6. The van der Waals surface area contributed by atoms with Crippen LogP contribution in [0.3, 0.4) is 0 Å². The predicted octanol–water partition coefficient (Wildman–Crippen LogP) is 3.22. The van der Waals surface area contributed by atoms with Crippen molar-refractivity contribution in [1.29, 1.82) is 0 Å². The maximum absolute atomic E-state index is 12.1. The van der Waals surface area contributed by atoms with Gasteiger partial charge in [0.05, 0.1) is 12.7 Å². The summed E-state index contributed by atoms with van der Waals surface area (Å²) in [6.45, 7) is 0.264. The lowest BCUT2D eigenvalue weighted by Gasteiger charge is -2.10. The lowest BCUT2D eigenvalue weighted by atomic mass is 10.1. The highest BCUT2D eigenvalue weighted by Crippen LogP contribution is 2.24. The number of hydrogen-bond acceptors (Lipinski definition) is 3. The number of nitrogens with one attached hydrogen (secondary N) is 2. The Balaban J connectivity index is 1.98. The van der Waals surface area contributed by atoms with Gasteiger partial charge in [0.15, 0.2) is 0 Å². The number of hydrogen-bond donors (Lipinski definition) is 2. The van der Waals surface area contributed by atoms with Crippen molar-refractivity contribution >= 4 is 44.8 Å². The summed E-state index contributed by atoms with van der Waals surface area (Å²) in [5.41, 5.74) is 1.78. The number of anilines is 1. The van der Waals surface area contributed by atoms with Gasteiger partial charge < -0.3 is 5.32 Å². The summed E-state index contributed by atoms with van der Waals surface area (Å²) in [6, 6.07) is 11.9. The number of benzene rings is 2. The quantitative estimate of drug-likeness (QED) is 0.799. The number of carbonyl (C=O) groups excluding carboxylic acids is 1. The monoisotopic (exact) mass is 386 g/mol. The van der Waals surface area contributed by atoms with Crippen LogP contribution in [-0.4, -0.2) is 20.6 Å². The van der Waals surface area contributed by atoms with E-state index in [0.29, 0.717) is 21.3 Å². The third-order valence-electron chi connectivity index (χ3n) is 3.12. The molecule has 2 aromatic rings. The van der Waals surface area contributed by atoms with Crippen LogP contribution in [0.2, 0.25) is 10.0 Å². The summed E-state index contributed by atoms with van der Waals surface area (Å²) in [4.78, 5) is 12.1. The molecule has 0 unspecified atom stereocenters. The molecule has 0 aliphatic carbocycles. The maximum Gasteiger partial charge on any atom is 0.229 e. The van der Waals surface area contributed by atoms with Gasteiger partial charge in [0.2, 0.25) is 15.9 Å². The molecule has 0 bridgehead atoms. The smallest absolute Gasteiger partial charge is 0.229 e. The molecule has 0 saturated carbocycles. The van der Waals surface area contributed by atoms with Gasteiger partial charge in [0.1, 0.15) is 0 Å². The molecule has 8 heteroatoms. The van der Waals surface area contributed by atoms with E-state index < -0.39 is 10.0 Å². The molecule has 2 N–H and O–H groups in total. The van der Waals surface area contributed by atoms with Crippen LogP contribution in [0.1, 0.15) is 11.1 Å². The SMILES string of the molecule is CS(=O)(=O)Nc1cccc(CNC(=O)Cc2c(Cl)cccc2Cl)c1. The molecule has 128 valence electrons. The van der Waals surface area contributed by atoms with E-state index in [4.69, 9.17) is 23.2 Å². The zero-order valence-electron chi connectivity index (χ0n) is 12.8. The summed E-state index contributed by atoms with van der Waals surface area (Å²) in [5.74, 6) is -0.230. The highest BCUT2D eigenvalue weighted by atomic mass is 35.5. The highest BCUT2D eigenvalue weighted by molar-refractivity contribution is 7.92. The largest absolute Gasteiger partial charge is 0.352 e. The minimum Gasteiger partial charge on any atom is -0.352 e. The third kappa shape index (κ3) is 5.70. The van der Waals surface area contributed by atoms with E-state index in [9.17, 15) is 13.2 Å². The van der Waals surface area contributed by atoms with E-state index >= 15 is 0 Å². The summed E-state index contributed by atoms with van der Waals surface area (Å²) < 4.78 is 24.9. The fourth-order valence-electron chi connectivity index (χ4n) is 2.08. The Labute approximate surface area is 151 Å². The molecule has 0 saturated heterocycles. The molecule has 1 amide bonds. The topological polar surface area (TPSA) is 75.3 Å². The van der Waals surface area contributed by atoms with Crippen LogP contribution in [0.15, 0.2) is 42.5 Å². The van der Waals surface area contributed by atoms with Crippen LogP contribution in [0.4, 0.5) is 5.69 Å². The zero-order valence-corrected chi connectivity index (χ0v) is 15.2. The van der Waals surface area contributed by atoms with Gasteiger partial charge in [-0.15, -0.1) is 0 Å². The second kappa shape index (κ2) is 7.88. The maximum atomic E-state index is 12.1. The minimum atomic E-state index is -3.34. The van der Waals surface area contributed by atoms with Crippen molar-refractivity contribution in [3.8, 4) is 0 Å². The van der Waals surface area contributed by atoms with Crippen molar-refractivity contribution in [2.75, 3.05) is 11.0 Å². The molecule has 2 aromatic carbocycles. The molecular weight excluding hydrogens is 371 g/mol. The van der Waals surface area contributed by atoms with Crippen molar-refractivity contribution < 1.29 is 13.2 Å². The van der Waals surface area contributed by atoms with Crippen molar-refractivity contribution in [3.05, 3.63) is 63.6 Å². The van der Waals surface area contributed by atoms with E-state index in [0.717, 1.165) is 11.8 Å². The second-order valence-electron chi connectivity index (χ2n) is 5.23. The van der Waals surface area contributed by atoms with Gasteiger partial charge in [-0.1, -0.05) is 41.4 Å². The van der Waals surface area contributed by atoms with Crippen molar-refractivity contribution in [1.82, 2.24) is 5.32 Å². The third-order valence-corrected chi connectivity index (χ3v) is 4.43. The van der Waals surface area contributed by atoms with Gasteiger partial charge in [-0.25, -0.2) is 8.42 Å². The summed E-state index contributed by atoms with van der Waals surface area (Å²) in [7, 11) is -3.34. The van der Waals surface area contributed by atoms with E-state index in [1.807, 2.05) is 0 Å². The normalized spacial score (nSPS) is 11.1. The van der Waals surface area contributed by atoms with Gasteiger partial charge >= 0.3 is 0 Å². The zero-order chi connectivity index (χ0) is 17.7. The number of sulfonamides is 1. The Bertz CT molecular complexity index is 834. The second-order valence-corrected chi connectivity index (χ2v) is 7.79. The van der Waals surface area contributed by atoms with Crippen LogP contribution in [-0.2, 0) is 27.8 Å². The first-order valence-electron chi connectivity index (χ1n) is 7.01. The molecule has 0 fully saturated rings. The molecule has 0 heterocycles. The standard InChI is InChI=1S/C16H16Cl2N2O3S/c1-24(22,23)20-12-5-2-4-11(8-12)10-19-16(21)9-13-14(17)6-3-7-15(13)18/h2-8,20H,9-10H2,1H3,(H,19,21). The van der Waals surface area contributed by atoms with Crippen LogP contribution < -0.4 is 10.0 Å². The van der Waals surface area contributed by atoms with Crippen LogP contribution in [0.25, 0.3) is 0 Å². The van der Waals surface area contributed by atoms with Crippen LogP contribution in [0.5, 0.6) is 0 Å². The first-order valence-corrected chi connectivity index (χ1v) is 9.65. The Hall–Kier alpha value is -1.76. The van der Waals surface area contributed by atoms with E-state index in [2.05, 4.69) is 10.0 Å². The molecule has 2 rings (SSSR count). The molecule has 0 aliphatic heterocycles. The Morgan fingerprint density at radius 2 is 1.71 bits per heavy atom. The summed E-state index contributed by atoms with van der Waals surface area (Å²) in [6.07, 6.45) is 1.15. The summed E-state index contributed by atoms with van der Waals surface area (Å²) in [5, 5.41) is 3.64. The Morgan fingerprint density at radius 1 is 1.08 bits per heavy atom. The number of amides is 1. The molecule has 24 heavy (non-hydrogen) atoms. The average Bonchev–Trinajstić information content (AvgIpc) is 2.48. The van der Waals surface area contributed by atoms with Crippen molar-refractivity contribution in [3.63, 3.8) is 0 Å². The van der Waals surface area contributed by atoms with E-state index in [1.54, 1.807) is 42.5 Å².